The van der Waals surface area contributed by atoms with Crippen molar-refractivity contribution in [1.29, 1.82) is 0 Å². The molecule has 150 valence electrons. The number of hydrogen-bond donors (Lipinski definition) is 2. The van der Waals surface area contributed by atoms with Crippen molar-refractivity contribution in [1.82, 2.24) is 10.2 Å². The van der Waals surface area contributed by atoms with Crippen molar-refractivity contribution in [3.63, 3.8) is 0 Å². The van der Waals surface area contributed by atoms with Crippen LogP contribution in [0.4, 0.5) is 4.39 Å². The molecule has 0 aliphatic rings. The van der Waals surface area contributed by atoms with Gasteiger partial charge in [0.1, 0.15) is 5.82 Å². The third kappa shape index (κ3) is 4.24. The van der Waals surface area contributed by atoms with Crippen LogP contribution in [0.5, 0.6) is 11.5 Å². The fraction of sp³-hybridized carbons (Fsp3) is 0.176. The Balaban J connectivity index is 0.00000280. The van der Waals surface area contributed by atoms with E-state index in [4.69, 9.17) is 14.6 Å². The average molecular weight is 430 g/mol. The number of H-pyrrole nitrogens is 1. The summed E-state index contributed by atoms with van der Waals surface area (Å²) in [6.07, 6.45) is 0. The molecule has 8 nitrogen and oxygen atoms in total. The maximum absolute atomic E-state index is 14.3. The molecule has 2 aromatic carbocycles. The first kappa shape index (κ1) is 21.6. The standard InChI is InChI=1S/C17H16FN3O5S.ClH/c1-25-14-6-11-12(7-15(14)26-2)17(22)21-20-16(11)9-3-4-10(13(18)5-9)8-27(19,23)24;/h3-7H,8H2,1-2H3,(H,21,22)(H2,19,23,24);1H. The predicted octanol–water partition coefficient (Wildman–Crippen LogP) is 1.96. The van der Waals surface area contributed by atoms with Gasteiger partial charge in [0, 0.05) is 16.5 Å². The predicted molar refractivity (Wildman–Crippen MR) is 105 cm³/mol. The van der Waals surface area contributed by atoms with Gasteiger partial charge in [0.15, 0.2) is 11.5 Å². The molecule has 0 bridgehead atoms. The molecule has 0 radical (unpaired) electrons. The fourth-order valence-electron chi connectivity index (χ4n) is 2.74. The van der Waals surface area contributed by atoms with Gasteiger partial charge in [-0.3, -0.25) is 4.79 Å². The molecule has 1 heterocycles. The van der Waals surface area contributed by atoms with Gasteiger partial charge in [0.05, 0.1) is 31.1 Å². The Morgan fingerprint density at radius 2 is 1.71 bits per heavy atom. The number of nitrogens with two attached hydrogens (primary N) is 1. The molecule has 0 saturated heterocycles. The van der Waals surface area contributed by atoms with E-state index in [-0.39, 0.29) is 23.4 Å². The molecular formula is C17H17ClFN3O5S. The highest BCUT2D eigenvalue weighted by Gasteiger charge is 2.16. The highest BCUT2D eigenvalue weighted by Crippen LogP contribution is 2.34. The molecule has 11 heteroatoms. The Morgan fingerprint density at radius 3 is 2.25 bits per heavy atom. The number of sulfonamides is 1. The molecule has 0 unspecified atom stereocenters. The van der Waals surface area contributed by atoms with Gasteiger partial charge in [-0.2, -0.15) is 5.10 Å². The molecule has 0 saturated carbocycles. The summed E-state index contributed by atoms with van der Waals surface area (Å²) in [6.45, 7) is 0. The van der Waals surface area contributed by atoms with E-state index in [1.165, 1.54) is 32.4 Å². The highest BCUT2D eigenvalue weighted by atomic mass is 35.5. The summed E-state index contributed by atoms with van der Waals surface area (Å²) in [6, 6.07) is 7.03. The number of fused-ring (bicyclic) bond motifs is 1. The molecule has 0 amide bonds. The SMILES string of the molecule is COc1cc2c(-c3ccc(CS(N)(=O)=O)c(F)c3)n[nH]c(=O)c2cc1OC.Cl. The van der Waals surface area contributed by atoms with Gasteiger partial charge in [-0.05, 0) is 18.2 Å². The van der Waals surface area contributed by atoms with Crippen molar-refractivity contribution in [2.75, 3.05) is 14.2 Å². The number of aromatic nitrogens is 2. The van der Waals surface area contributed by atoms with Crippen LogP contribution >= 0.6 is 12.4 Å². The molecule has 3 N–H and O–H groups in total. The van der Waals surface area contributed by atoms with E-state index in [0.717, 1.165) is 6.07 Å². The molecular weight excluding hydrogens is 413 g/mol. The first-order valence-corrected chi connectivity index (χ1v) is 9.38. The van der Waals surface area contributed by atoms with Crippen LogP contribution in [0.1, 0.15) is 5.56 Å². The number of rotatable bonds is 5. The number of hydrogen-bond acceptors (Lipinski definition) is 6. The van der Waals surface area contributed by atoms with E-state index in [9.17, 15) is 17.6 Å². The topological polar surface area (TPSA) is 124 Å². The first-order valence-electron chi connectivity index (χ1n) is 7.67. The molecule has 0 spiro atoms. The van der Waals surface area contributed by atoms with Crippen LogP contribution in [0.25, 0.3) is 22.0 Å². The Kier molecular flexibility index (Phi) is 6.27. The van der Waals surface area contributed by atoms with Crippen LogP contribution in [0.15, 0.2) is 35.1 Å². The first-order chi connectivity index (χ1) is 12.7. The second-order valence-electron chi connectivity index (χ2n) is 5.77. The maximum atomic E-state index is 14.3. The summed E-state index contributed by atoms with van der Waals surface area (Å²) in [7, 11) is -0.974. The van der Waals surface area contributed by atoms with Gasteiger partial charge in [-0.25, -0.2) is 23.0 Å². The monoisotopic (exact) mass is 429 g/mol. The summed E-state index contributed by atoms with van der Waals surface area (Å²) in [5.74, 6) is -0.625. The largest absolute Gasteiger partial charge is 0.493 e. The normalized spacial score (nSPS) is 11.1. The minimum atomic E-state index is -3.87. The Bertz CT molecular complexity index is 1200. The van der Waals surface area contributed by atoms with Crippen molar-refractivity contribution >= 4 is 33.2 Å². The van der Waals surface area contributed by atoms with Crippen LogP contribution < -0.4 is 20.2 Å². The third-order valence-electron chi connectivity index (χ3n) is 3.98. The second-order valence-corrected chi connectivity index (χ2v) is 7.38. The molecule has 3 rings (SSSR count). The van der Waals surface area contributed by atoms with Crippen molar-refractivity contribution in [3.05, 3.63) is 52.1 Å². The van der Waals surface area contributed by atoms with Crippen molar-refractivity contribution in [3.8, 4) is 22.8 Å². The second kappa shape index (κ2) is 8.13. The highest BCUT2D eigenvalue weighted by molar-refractivity contribution is 7.88. The smallest absolute Gasteiger partial charge is 0.272 e. The van der Waals surface area contributed by atoms with Crippen molar-refractivity contribution in [2.45, 2.75) is 5.75 Å². The summed E-state index contributed by atoms with van der Waals surface area (Å²) < 4.78 is 47.2. The van der Waals surface area contributed by atoms with Gasteiger partial charge in [0.25, 0.3) is 5.56 Å². The van der Waals surface area contributed by atoms with E-state index < -0.39 is 27.2 Å². The van der Waals surface area contributed by atoms with E-state index in [0.29, 0.717) is 28.1 Å². The van der Waals surface area contributed by atoms with Gasteiger partial charge in [0.2, 0.25) is 10.0 Å². The van der Waals surface area contributed by atoms with Crippen molar-refractivity contribution in [2.24, 2.45) is 5.14 Å². The summed E-state index contributed by atoms with van der Waals surface area (Å²) >= 11 is 0. The lowest BCUT2D eigenvalue weighted by Gasteiger charge is -2.11. The Hall–Kier alpha value is -2.69. The number of nitrogens with zero attached hydrogens (tertiary/aromatic N) is 1. The number of nitrogens with one attached hydrogen (secondary N) is 1. The average Bonchev–Trinajstić information content (AvgIpc) is 2.62. The molecule has 0 atom stereocenters. The Labute approximate surface area is 165 Å². The van der Waals surface area contributed by atoms with Gasteiger partial charge in [-0.1, -0.05) is 12.1 Å². The molecule has 0 fully saturated rings. The van der Waals surface area contributed by atoms with Crippen LogP contribution in [0, 0.1) is 5.82 Å². The van der Waals surface area contributed by atoms with Gasteiger partial charge >= 0.3 is 0 Å². The zero-order valence-electron chi connectivity index (χ0n) is 14.9. The molecule has 1 aromatic heterocycles. The van der Waals surface area contributed by atoms with Gasteiger partial charge in [-0.15, -0.1) is 12.4 Å². The van der Waals surface area contributed by atoms with E-state index in [2.05, 4.69) is 10.2 Å². The van der Waals surface area contributed by atoms with Crippen LogP contribution in [-0.4, -0.2) is 32.8 Å². The fourth-order valence-corrected chi connectivity index (χ4v) is 3.41. The lowest BCUT2D eigenvalue weighted by molar-refractivity contribution is 0.356. The lowest BCUT2D eigenvalue weighted by Crippen LogP contribution is -2.15. The molecule has 0 aliphatic heterocycles. The summed E-state index contributed by atoms with van der Waals surface area (Å²) in [5.41, 5.74) is 0.140. The molecule has 0 aliphatic carbocycles. The minimum Gasteiger partial charge on any atom is -0.493 e. The summed E-state index contributed by atoms with van der Waals surface area (Å²) in [4.78, 5) is 12.1. The minimum absolute atomic E-state index is 0. The van der Waals surface area contributed by atoms with Crippen molar-refractivity contribution < 1.29 is 22.3 Å². The zero-order chi connectivity index (χ0) is 19.8. The lowest BCUT2D eigenvalue weighted by atomic mass is 10.0. The van der Waals surface area contributed by atoms with Crippen LogP contribution in [-0.2, 0) is 15.8 Å². The Morgan fingerprint density at radius 1 is 1.11 bits per heavy atom. The van der Waals surface area contributed by atoms with Gasteiger partial charge < -0.3 is 9.47 Å². The quantitative estimate of drug-likeness (QED) is 0.638. The van der Waals surface area contributed by atoms with Crippen LogP contribution in [0.2, 0.25) is 0 Å². The van der Waals surface area contributed by atoms with E-state index >= 15 is 0 Å². The molecule has 3 aromatic rings. The zero-order valence-corrected chi connectivity index (χ0v) is 16.5. The van der Waals surface area contributed by atoms with E-state index in [1.807, 2.05) is 0 Å². The maximum Gasteiger partial charge on any atom is 0.272 e. The number of ether oxygens (including phenoxy) is 2. The number of halogens is 2. The molecule has 28 heavy (non-hydrogen) atoms. The van der Waals surface area contributed by atoms with E-state index in [1.54, 1.807) is 6.07 Å². The number of primary sulfonamides is 1. The number of methoxy groups -OCH3 is 2. The third-order valence-corrected chi connectivity index (χ3v) is 4.69. The summed E-state index contributed by atoms with van der Waals surface area (Å²) in [5, 5.41) is 12.0. The van der Waals surface area contributed by atoms with Crippen LogP contribution in [0.3, 0.4) is 0 Å². The number of benzene rings is 2. The number of aromatic amines is 1.